The Hall–Kier alpha value is -1.04. The molecular formula is C9H10N2O2S. The Labute approximate surface area is 85.3 Å². The van der Waals surface area contributed by atoms with Crippen LogP contribution in [0.3, 0.4) is 0 Å². The monoisotopic (exact) mass is 210 g/mol. The lowest BCUT2D eigenvalue weighted by molar-refractivity contribution is 0.0823. The van der Waals surface area contributed by atoms with Crippen LogP contribution in [0.25, 0.3) is 0 Å². The molecule has 74 valence electrons. The van der Waals surface area contributed by atoms with Crippen molar-refractivity contribution in [3.63, 3.8) is 0 Å². The first-order valence-electron chi connectivity index (χ1n) is 4.21. The quantitative estimate of drug-likeness (QED) is 0.684. The maximum Gasteiger partial charge on any atom is 0.195 e. The van der Waals surface area contributed by atoms with Gasteiger partial charge in [0.2, 0.25) is 0 Å². The lowest BCUT2D eigenvalue weighted by Crippen LogP contribution is -2.48. The third-order valence-electron chi connectivity index (χ3n) is 2.35. The summed E-state index contributed by atoms with van der Waals surface area (Å²) in [5.74, 6) is -0.0990. The first-order valence-corrected chi connectivity index (χ1v) is 5.03. The highest BCUT2D eigenvalue weighted by Gasteiger charge is 2.30. The van der Waals surface area contributed by atoms with Crippen LogP contribution in [-0.4, -0.2) is 30.2 Å². The van der Waals surface area contributed by atoms with Crippen LogP contribution in [-0.2, 0) is 6.54 Å². The lowest BCUT2D eigenvalue weighted by Gasteiger charge is -2.27. The second-order valence-electron chi connectivity index (χ2n) is 3.33. The van der Waals surface area contributed by atoms with Crippen LogP contribution in [0.2, 0.25) is 0 Å². The van der Waals surface area contributed by atoms with E-state index in [2.05, 4.69) is 0 Å². The van der Waals surface area contributed by atoms with E-state index in [1.165, 1.54) is 11.3 Å². The highest BCUT2D eigenvalue weighted by molar-refractivity contribution is 7.14. The van der Waals surface area contributed by atoms with Crippen LogP contribution < -0.4 is 5.73 Å². The number of likely N-dealkylation sites (N-methyl/N-ethyl adjacent to an activating group) is 1. The summed E-state index contributed by atoms with van der Waals surface area (Å²) in [5, 5.41) is 0. The smallest absolute Gasteiger partial charge is 0.195 e. The zero-order valence-corrected chi connectivity index (χ0v) is 8.50. The highest BCUT2D eigenvalue weighted by atomic mass is 32.1. The minimum absolute atomic E-state index is 0.0990. The molecule has 1 aromatic heterocycles. The van der Waals surface area contributed by atoms with Crippen LogP contribution in [0, 0.1) is 0 Å². The van der Waals surface area contributed by atoms with Gasteiger partial charge in [0.05, 0.1) is 4.88 Å². The fourth-order valence-corrected chi connectivity index (χ4v) is 2.56. The topological polar surface area (TPSA) is 63.4 Å². The van der Waals surface area contributed by atoms with Gasteiger partial charge in [0, 0.05) is 17.0 Å². The summed E-state index contributed by atoms with van der Waals surface area (Å²) in [5.41, 5.74) is 6.29. The highest BCUT2D eigenvalue weighted by Crippen LogP contribution is 2.27. The summed E-state index contributed by atoms with van der Waals surface area (Å²) < 4.78 is 0. The Morgan fingerprint density at radius 3 is 3.07 bits per heavy atom. The number of carbonyl (C=O) groups excluding carboxylic acids is 2. The molecule has 0 radical (unpaired) electrons. The molecule has 0 saturated carbocycles. The third-order valence-corrected chi connectivity index (χ3v) is 3.39. The predicted octanol–water partition coefficient (Wildman–Crippen LogP) is 0.474. The van der Waals surface area contributed by atoms with E-state index in [1.807, 2.05) is 0 Å². The Kier molecular flexibility index (Phi) is 2.22. The zero-order chi connectivity index (χ0) is 10.3. The van der Waals surface area contributed by atoms with Gasteiger partial charge in [0.1, 0.15) is 6.17 Å². The number of thiophene rings is 1. The molecule has 1 unspecified atom stereocenters. The molecular weight excluding hydrogens is 200 g/mol. The number of aldehydes is 1. The second kappa shape index (κ2) is 3.27. The van der Waals surface area contributed by atoms with Crippen molar-refractivity contribution < 1.29 is 9.59 Å². The molecule has 0 bridgehead atoms. The summed E-state index contributed by atoms with van der Waals surface area (Å²) >= 11 is 1.36. The van der Waals surface area contributed by atoms with E-state index in [4.69, 9.17) is 5.73 Å². The summed E-state index contributed by atoms with van der Waals surface area (Å²) in [4.78, 5) is 25.5. The van der Waals surface area contributed by atoms with Gasteiger partial charge in [-0.1, -0.05) is 0 Å². The molecule has 1 atom stereocenters. The number of rotatable bonds is 1. The van der Waals surface area contributed by atoms with E-state index in [1.54, 1.807) is 18.0 Å². The number of nitrogens with zero attached hydrogens (tertiary/aromatic N) is 1. The Balaban J connectivity index is 2.48. The van der Waals surface area contributed by atoms with E-state index in [9.17, 15) is 9.59 Å². The molecule has 5 heteroatoms. The van der Waals surface area contributed by atoms with Gasteiger partial charge in [-0.25, -0.2) is 0 Å². The normalized spacial score (nSPS) is 22.1. The van der Waals surface area contributed by atoms with Gasteiger partial charge >= 0.3 is 0 Å². The van der Waals surface area contributed by atoms with Crippen LogP contribution in [0.15, 0.2) is 6.07 Å². The van der Waals surface area contributed by atoms with Crippen molar-refractivity contribution in [3.8, 4) is 0 Å². The number of fused-ring (bicyclic) bond motifs is 1. The van der Waals surface area contributed by atoms with Gasteiger partial charge in [-0.2, -0.15) is 0 Å². The SMILES string of the molecule is CN1Cc2sc(C=O)cc2C(=O)C1N. The van der Waals surface area contributed by atoms with Crippen LogP contribution in [0.5, 0.6) is 0 Å². The largest absolute Gasteiger partial charge is 0.309 e. The van der Waals surface area contributed by atoms with E-state index < -0.39 is 6.17 Å². The van der Waals surface area contributed by atoms with Crippen LogP contribution in [0.1, 0.15) is 24.9 Å². The fourth-order valence-electron chi connectivity index (χ4n) is 1.52. The summed E-state index contributed by atoms with van der Waals surface area (Å²) in [6, 6.07) is 1.63. The van der Waals surface area contributed by atoms with Crippen molar-refractivity contribution in [2.24, 2.45) is 5.73 Å². The Bertz CT molecular complexity index is 400. The van der Waals surface area contributed by atoms with Gasteiger partial charge in [-0.05, 0) is 13.1 Å². The minimum atomic E-state index is -0.573. The average molecular weight is 210 g/mol. The molecule has 2 heterocycles. The Morgan fingerprint density at radius 1 is 1.71 bits per heavy atom. The zero-order valence-electron chi connectivity index (χ0n) is 7.69. The molecule has 0 fully saturated rings. The van der Waals surface area contributed by atoms with Crippen molar-refractivity contribution in [2.45, 2.75) is 12.7 Å². The standard InChI is InChI=1S/C9H10N2O2S/c1-11-3-7-6(8(13)9(11)10)2-5(4-12)14-7/h2,4,9H,3,10H2,1H3. The number of ketones is 1. The first-order chi connectivity index (χ1) is 6.63. The summed E-state index contributed by atoms with van der Waals surface area (Å²) in [6.07, 6.45) is 0.193. The molecule has 2 N–H and O–H groups in total. The van der Waals surface area contributed by atoms with Crippen molar-refractivity contribution in [1.82, 2.24) is 4.90 Å². The molecule has 0 aromatic carbocycles. The predicted molar refractivity (Wildman–Crippen MR) is 53.5 cm³/mol. The Morgan fingerprint density at radius 2 is 2.43 bits per heavy atom. The third kappa shape index (κ3) is 1.30. The maximum atomic E-state index is 11.7. The molecule has 14 heavy (non-hydrogen) atoms. The number of Topliss-reactive ketones (excluding diaryl/α,β-unsaturated/α-hetero) is 1. The van der Waals surface area contributed by atoms with Crippen LogP contribution in [0.4, 0.5) is 0 Å². The molecule has 1 aliphatic heterocycles. The first kappa shape index (κ1) is 9.51. The lowest BCUT2D eigenvalue weighted by atomic mass is 10.0. The maximum absolute atomic E-state index is 11.7. The van der Waals surface area contributed by atoms with E-state index in [-0.39, 0.29) is 5.78 Å². The number of hydrogen-bond donors (Lipinski definition) is 1. The molecule has 0 aliphatic carbocycles. The van der Waals surface area contributed by atoms with E-state index in [0.717, 1.165) is 11.2 Å². The van der Waals surface area contributed by atoms with E-state index >= 15 is 0 Å². The van der Waals surface area contributed by atoms with Gasteiger partial charge in [0.25, 0.3) is 0 Å². The molecule has 0 spiro atoms. The van der Waals surface area contributed by atoms with Gasteiger partial charge < -0.3 is 5.73 Å². The van der Waals surface area contributed by atoms with Gasteiger partial charge in [-0.15, -0.1) is 11.3 Å². The number of carbonyl (C=O) groups is 2. The van der Waals surface area contributed by atoms with E-state index in [0.29, 0.717) is 17.0 Å². The molecule has 1 aliphatic rings. The summed E-state index contributed by atoms with van der Waals surface area (Å²) in [6.45, 7) is 0.640. The van der Waals surface area contributed by atoms with Gasteiger partial charge in [-0.3, -0.25) is 14.5 Å². The molecule has 2 rings (SSSR count). The molecule has 1 aromatic rings. The molecule has 0 amide bonds. The summed E-state index contributed by atoms with van der Waals surface area (Å²) in [7, 11) is 1.80. The second-order valence-corrected chi connectivity index (χ2v) is 4.50. The number of hydrogen-bond acceptors (Lipinski definition) is 5. The van der Waals surface area contributed by atoms with Gasteiger partial charge in [0.15, 0.2) is 12.1 Å². The average Bonchev–Trinajstić information content (AvgIpc) is 2.57. The minimum Gasteiger partial charge on any atom is -0.309 e. The van der Waals surface area contributed by atoms with Crippen molar-refractivity contribution >= 4 is 23.4 Å². The van der Waals surface area contributed by atoms with Crippen molar-refractivity contribution in [3.05, 3.63) is 21.4 Å². The number of nitrogens with two attached hydrogens (primary N) is 1. The van der Waals surface area contributed by atoms with Crippen LogP contribution >= 0.6 is 11.3 Å². The molecule has 4 nitrogen and oxygen atoms in total. The van der Waals surface area contributed by atoms with Crippen molar-refractivity contribution in [2.75, 3.05) is 7.05 Å². The van der Waals surface area contributed by atoms with Crippen molar-refractivity contribution in [1.29, 1.82) is 0 Å². The fraction of sp³-hybridized carbons (Fsp3) is 0.333. The molecule has 0 saturated heterocycles.